The largest absolute Gasteiger partial charge is 0.508 e. The van der Waals surface area contributed by atoms with Gasteiger partial charge in [-0.2, -0.15) is 0 Å². The zero-order valence-electron chi connectivity index (χ0n) is 15.3. The molecule has 0 aliphatic heterocycles. The molecule has 0 unspecified atom stereocenters. The minimum Gasteiger partial charge on any atom is -0.434 e. The number of aryl methyl sites for hydroxylation is 1. The summed E-state index contributed by atoms with van der Waals surface area (Å²) in [5.74, 6) is 0. The summed E-state index contributed by atoms with van der Waals surface area (Å²) in [5.41, 5.74) is 1.42. The molecule has 0 radical (unpaired) electrons. The third-order valence-electron chi connectivity index (χ3n) is 4.14. The second-order valence-electron chi connectivity index (χ2n) is 6.36. The Morgan fingerprint density at radius 2 is 1.29 bits per heavy atom. The summed E-state index contributed by atoms with van der Waals surface area (Å²) in [6, 6.07) is 10.6. The van der Waals surface area contributed by atoms with E-state index in [1.807, 2.05) is 0 Å². The van der Waals surface area contributed by atoms with E-state index in [0.29, 0.717) is 13.2 Å². The van der Waals surface area contributed by atoms with E-state index in [9.17, 15) is 4.79 Å². The lowest BCUT2D eigenvalue weighted by molar-refractivity contribution is 0.0529. The van der Waals surface area contributed by atoms with Crippen molar-refractivity contribution < 1.29 is 14.3 Å². The molecule has 1 rings (SSSR count). The van der Waals surface area contributed by atoms with E-state index in [0.717, 1.165) is 32.1 Å². The summed E-state index contributed by atoms with van der Waals surface area (Å²) in [6.07, 6.45) is 12.1. The Balaban J connectivity index is 1.81. The van der Waals surface area contributed by atoms with Gasteiger partial charge in [0, 0.05) is 0 Å². The first-order chi connectivity index (χ1) is 11.8. The molecule has 0 aliphatic carbocycles. The van der Waals surface area contributed by atoms with Crippen molar-refractivity contribution in [1.82, 2.24) is 0 Å². The van der Waals surface area contributed by atoms with Crippen molar-refractivity contribution in [2.75, 3.05) is 13.2 Å². The van der Waals surface area contributed by atoms with Crippen LogP contribution in [0.25, 0.3) is 0 Å². The van der Waals surface area contributed by atoms with Crippen molar-refractivity contribution in [3.8, 4) is 0 Å². The molecule has 0 atom stereocenters. The Bertz CT molecular complexity index is 403. The first-order valence-electron chi connectivity index (χ1n) is 9.66. The number of hydrogen-bond acceptors (Lipinski definition) is 3. The van der Waals surface area contributed by atoms with E-state index in [-0.39, 0.29) is 0 Å². The van der Waals surface area contributed by atoms with Crippen LogP contribution in [0.5, 0.6) is 0 Å². The third kappa shape index (κ3) is 12.0. The van der Waals surface area contributed by atoms with Gasteiger partial charge < -0.3 is 9.47 Å². The maximum atomic E-state index is 11.4. The Kier molecular flexibility index (Phi) is 12.9. The number of carbonyl (C=O) groups excluding carboxylic acids is 1. The number of benzene rings is 1. The van der Waals surface area contributed by atoms with Gasteiger partial charge in [0.1, 0.15) is 0 Å². The van der Waals surface area contributed by atoms with Crippen molar-refractivity contribution in [1.29, 1.82) is 0 Å². The average Bonchev–Trinajstić information content (AvgIpc) is 2.61. The maximum absolute atomic E-state index is 11.4. The van der Waals surface area contributed by atoms with E-state index in [1.165, 1.54) is 44.1 Å². The van der Waals surface area contributed by atoms with Gasteiger partial charge in [0.2, 0.25) is 0 Å². The zero-order valence-corrected chi connectivity index (χ0v) is 15.3. The number of rotatable bonds is 14. The molecule has 0 heterocycles. The molecule has 0 fully saturated rings. The van der Waals surface area contributed by atoms with Crippen LogP contribution in [0.4, 0.5) is 4.79 Å². The normalized spacial score (nSPS) is 10.5. The van der Waals surface area contributed by atoms with Crippen LogP contribution in [-0.4, -0.2) is 19.4 Å². The van der Waals surface area contributed by atoms with E-state index in [4.69, 9.17) is 9.47 Å². The lowest BCUT2D eigenvalue weighted by Gasteiger charge is -2.06. The van der Waals surface area contributed by atoms with Gasteiger partial charge in [0.05, 0.1) is 13.2 Å². The van der Waals surface area contributed by atoms with Gasteiger partial charge in [-0.05, 0) is 31.2 Å². The van der Waals surface area contributed by atoms with Crippen molar-refractivity contribution in [2.24, 2.45) is 0 Å². The highest BCUT2D eigenvalue weighted by molar-refractivity contribution is 5.59. The SMILES string of the molecule is CCCCCCCOC(=O)OCCCCCCCc1ccccc1. The zero-order chi connectivity index (χ0) is 17.3. The number of unbranched alkanes of at least 4 members (excludes halogenated alkanes) is 8. The fraction of sp³-hybridized carbons (Fsp3) is 0.667. The molecule has 0 aliphatic rings. The average molecular weight is 334 g/mol. The molecule has 24 heavy (non-hydrogen) atoms. The van der Waals surface area contributed by atoms with Gasteiger partial charge in [-0.15, -0.1) is 0 Å². The topological polar surface area (TPSA) is 35.5 Å². The molecular formula is C21H34O3. The highest BCUT2D eigenvalue weighted by atomic mass is 16.7. The molecule has 0 saturated heterocycles. The minimum absolute atomic E-state index is 0.480. The predicted molar refractivity (Wildman–Crippen MR) is 99.3 cm³/mol. The fourth-order valence-corrected chi connectivity index (χ4v) is 2.66. The molecule has 136 valence electrons. The van der Waals surface area contributed by atoms with E-state index < -0.39 is 6.16 Å². The van der Waals surface area contributed by atoms with Crippen molar-refractivity contribution in [3.63, 3.8) is 0 Å². The van der Waals surface area contributed by atoms with Gasteiger partial charge in [-0.1, -0.05) is 82.2 Å². The summed E-state index contributed by atoms with van der Waals surface area (Å²) >= 11 is 0. The van der Waals surface area contributed by atoms with E-state index >= 15 is 0 Å². The minimum atomic E-state index is -0.505. The van der Waals surface area contributed by atoms with Crippen molar-refractivity contribution in [3.05, 3.63) is 35.9 Å². The Labute approximate surface area is 147 Å². The van der Waals surface area contributed by atoms with Crippen LogP contribution in [0.15, 0.2) is 30.3 Å². The first kappa shape index (κ1) is 20.5. The fourth-order valence-electron chi connectivity index (χ4n) is 2.66. The van der Waals surface area contributed by atoms with Crippen LogP contribution in [0.2, 0.25) is 0 Å². The molecule has 3 heteroatoms. The summed E-state index contributed by atoms with van der Waals surface area (Å²) in [7, 11) is 0. The molecule has 0 aromatic heterocycles. The Morgan fingerprint density at radius 1 is 0.750 bits per heavy atom. The van der Waals surface area contributed by atoms with E-state index in [1.54, 1.807) is 0 Å². The second-order valence-corrected chi connectivity index (χ2v) is 6.36. The van der Waals surface area contributed by atoms with Crippen molar-refractivity contribution in [2.45, 2.75) is 77.6 Å². The lowest BCUT2D eigenvalue weighted by atomic mass is 10.1. The van der Waals surface area contributed by atoms with Crippen LogP contribution in [0.1, 0.15) is 76.7 Å². The predicted octanol–water partition coefficient (Wildman–Crippen LogP) is 6.30. The van der Waals surface area contributed by atoms with Gasteiger partial charge >= 0.3 is 6.16 Å². The second kappa shape index (κ2) is 15.0. The smallest absolute Gasteiger partial charge is 0.434 e. The number of carbonyl (C=O) groups is 1. The van der Waals surface area contributed by atoms with Gasteiger partial charge in [-0.3, -0.25) is 0 Å². The molecule has 0 bridgehead atoms. The van der Waals surface area contributed by atoms with Gasteiger partial charge in [0.15, 0.2) is 0 Å². The molecule has 1 aromatic rings. The molecular weight excluding hydrogens is 300 g/mol. The highest BCUT2D eigenvalue weighted by Gasteiger charge is 2.03. The summed E-state index contributed by atoms with van der Waals surface area (Å²) in [6.45, 7) is 3.16. The number of hydrogen-bond donors (Lipinski definition) is 0. The molecule has 0 spiro atoms. The number of ether oxygens (including phenoxy) is 2. The summed E-state index contributed by atoms with van der Waals surface area (Å²) in [4.78, 5) is 11.4. The monoisotopic (exact) mass is 334 g/mol. The Hall–Kier alpha value is -1.51. The highest BCUT2D eigenvalue weighted by Crippen LogP contribution is 2.09. The van der Waals surface area contributed by atoms with Crippen LogP contribution in [0, 0.1) is 0 Å². The van der Waals surface area contributed by atoms with Crippen LogP contribution < -0.4 is 0 Å². The molecule has 0 saturated carbocycles. The van der Waals surface area contributed by atoms with Gasteiger partial charge in [-0.25, -0.2) is 4.79 Å². The quantitative estimate of drug-likeness (QED) is 0.296. The van der Waals surface area contributed by atoms with Gasteiger partial charge in [0.25, 0.3) is 0 Å². The van der Waals surface area contributed by atoms with E-state index in [2.05, 4.69) is 37.3 Å². The lowest BCUT2D eigenvalue weighted by Crippen LogP contribution is -2.09. The summed E-state index contributed by atoms with van der Waals surface area (Å²) in [5, 5.41) is 0. The first-order valence-corrected chi connectivity index (χ1v) is 9.66. The van der Waals surface area contributed by atoms with Crippen LogP contribution in [0.3, 0.4) is 0 Å². The molecule has 0 amide bonds. The molecule has 1 aromatic carbocycles. The third-order valence-corrected chi connectivity index (χ3v) is 4.14. The van der Waals surface area contributed by atoms with Crippen LogP contribution in [-0.2, 0) is 15.9 Å². The molecule has 3 nitrogen and oxygen atoms in total. The Morgan fingerprint density at radius 3 is 1.92 bits per heavy atom. The summed E-state index contributed by atoms with van der Waals surface area (Å²) < 4.78 is 10.1. The maximum Gasteiger partial charge on any atom is 0.508 e. The molecule has 0 N–H and O–H groups in total. The van der Waals surface area contributed by atoms with Crippen molar-refractivity contribution >= 4 is 6.16 Å². The van der Waals surface area contributed by atoms with Crippen LogP contribution >= 0.6 is 0 Å². The standard InChI is InChI=1S/C21H34O3/c1-2-3-4-7-13-18-23-21(22)24-19-14-8-5-6-10-15-20-16-11-9-12-17-20/h9,11-12,16-17H,2-8,10,13-15,18-19H2,1H3.